The van der Waals surface area contributed by atoms with Crippen LogP contribution in [0.4, 0.5) is 5.82 Å². The van der Waals surface area contributed by atoms with Crippen molar-refractivity contribution in [2.45, 2.75) is 39.2 Å². The smallest absolute Gasteiger partial charge is 0.252 e. The van der Waals surface area contributed by atoms with Crippen molar-refractivity contribution in [3.05, 3.63) is 23.4 Å². The van der Waals surface area contributed by atoms with Gasteiger partial charge in [-0.25, -0.2) is 4.98 Å². The van der Waals surface area contributed by atoms with E-state index in [2.05, 4.69) is 24.1 Å². The molecule has 18 heavy (non-hydrogen) atoms. The number of primary amides is 1. The van der Waals surface area contributed by atoms with Gasteiger partial charge in [-0.2, -0.15) is 0 Å². The number of nitrogens with one attached hydrogen (secondary N) is 1. The van der Waals surface area contributed by atoms with Crippen molar-refractivity contribution in [2.24, 2.45) is 11.5 Å². The van der Waals surface area contributed by atoms with Crippen LogP contribution >= 0.6 is 0 Å². The first-order valence-corrected chi connectivity index (χ1v) is 6.23. The molecule has 0 atom stereocenters. The first-order chi connectivity index (χ1) is 8.49. The van der Waals surface area contributed by atoms with E-state index in [-0.39, 0.29) is 5.54 Å². The van der Waals surface area contributed by atoms with Gasteiger partial charge in [-0.1, -0.05) is 13.8 Å². The number of carbonyl (C=O) groups is 1. The van der Waals surface area contributed by atoms with E-state index in [1.165, 1.54) is 0 Å². The number of aromatic nitrogens is 1. The van der Waals surface area contributed by atoms with Gasteiger partial charge >= 0.3 is 0 Å². The number of nitrogens with zero attached hydrogens (tertiary/aromatic N) is 1. The second-order valence-electron chi connectivity index (χ2n) is 4.53. The number of nitrogens with two attached hydrogens (primary N) is 2. The molecule has 0 bridgehead atoms. The Morgan fingerprint density at radius 2 is 2.06 bits per heavy atom. The number of anilines is 1. The monoisotopic (exact) mass is 250 g/mol. The molecule has 0 aliphatic heterocycles. The van der Waals surface area contributed by atoms with E-state index in [0.717, 1.165) is 18.4 Å². The van der Waals surface area contributed by atoms with Crippen molar-refractivity contribution < 1.29 is 4.79 Å². The third kappa shape index (κ3) is 2.79. The molecule has 1 aromatic rings. The summed E-state index contributed by atoms with van der Waals surface area (Å²) in [5.74, 6) is 0.0536. The lowest BCUT2D eigenvalue weighted by atomic mass is 9.92. The van der Waals surface area contributed by atoms with Gasteiger partial charge in [0.2, 0.25) is 0 Å². The lowest BCUT2D eigenvalue weighted by Crippen LogP contribution is -2.45. The predicted molar refractivity (Wildman–Crippen MR) is 73.5 cm³/mol. The summed E-state index contributed by atoms with van der Waals surface area (Å²) < 4.78 is 0. The summed E-state index contributed by atoms with van der Waals surface area (Å²) in [5, 5.41) is 3.30. The quantitative estimate of drug-likeness (QED) is 0.711. The number of rotatable bonds is 6. The maximum Gasteiger partial charge on any atom is 0.252 e. The highest BCUT2D eigenvalue weighted by Crippen LogP contribution is 2.24. The number of amides is 1. The molecule has 1 rings (SSSR count). The van der Waals surface area contributed by atoms with E-state index in [1.54, 1.807) is 12.3 Å². The molecule has 0 aliphatic carbocycles. The van der Waals surface area contributed by atoms with Gasteiger partial charge in [0.25, 0.3) is 5.91 Å². The highest BCUT2D eigenvalue weighted by molar-refractivity contribution is 5.99. The van der Waals surface area contributed by atoms with Gasteiger partial charge in [0.15, 0.2) is 0 Å². The molecule has 1 amide bonds. The summed E-state index contributed by atoms with van der Waals surface area (Å²) in [6.07, 6.45) is 3.37. The number of carbonyl (C=O) groups excluding carboxylic acids is 1. The number of hydrogen-bond donors (Lipinski definition) is 3. The molecular formula is C13H22N4O. The molecule has 0 radical (unpaired) electrons. The minimum absolute atomic E-state index is 0.245. The molecule has 0 fully saturated rings. The third-order valence-electron chi connectivity index (χ3n) is 3.53. The molecule has 0 saturated carbocycles. The Kier molecular flexibility index (Phi) is 4.67. The minimum atomic E-state index is -0.471. The van der Waals surface area contributed by atoms with Crippen molar-refractivity contribution in [2.75, 3.05) is 11.9 Å². The van der Waals surface area contributed by atoms with Crippen molar-refractivity contribution in [1.82, 2.24) is 4.98 Å². The SMILES string of the molecule is CCC(CC)(CN)Nc1nccc(C)c1C(N)=O. The first-order valence-electron chi connectivity index (χ1n) is 6.23. The molecule has 0 unspecified atom stereocenters. The zero-order valence-corrected chi connectivity index (χ0v) is 11.3. The molecule has 0 spiro atoms. The van der Waals surface area contributed by atoms with Crippen LogP contribution in [0.2, 0.25) is 0 Å². The summed E-state index contributed by atoms with van der Waals surface area (Å²) in [5.41, 5.74) is 12.3. The number of pyridine rings is 1. The van der Waals surface area contributed by atoms with Gasteiger partial charge < -0.3 is 16.8 Å². The Morgan fingerprint density at radius 1 is 1.44 bits per heavy atom. The summed E-state index contributed by atoms with van der Waals surface area (Å²) in [4.78, 5) is 15.7. The van der Waals surface area contributed by atoms with E-state index in [0.29, 0.717) is 17.9 Å². The van der Waals surface area contributed by atoms with Gasteiger partial charge in [-0.15, -0.1) is 0 Å². The average molecular weight is 250 g/mol. The van der Waals surface area contributed by atoms with Crippen molar-refractivity contribution in [3.63, 3.8) is 0 Å². The van der Waals surface area contributed by atoms with E-state index >= 15 is 0 Å². The van der Waals surface area contributed by atoms with Crippen molar-refractivity contribution in [1.29, 1.82) is 0 Å². The van der Waals surface area contributed by atoms with Gasteiger partial charge in [-0.3, -0.25) is 4.79 Å². The fraction of sp³-hybridized carbons (Fsp3) is 0.538. The second kappa shape index (κ2) is 5.82. The van der Waals surface area contributed by atoms with Crippen LogP contribution in [0.1, 0.15) is 42.6 Å². The zero-order valence-electron chi connectivity index (χ0n) is 11.3. The molecule has 0 aliphatic rings. The topological polar surface area (TPSA) is 94.0 Å². The molecule has 0 saturated heterocycles. The van der Waals surface area contributed by atoms with Crippen LogP contribution in [0.5, 0.6) is 0 Å². The summed E-state index contributed by atoms with van der Waals surface area (Å²) in [7, 11) is 0. The molecule has 1 heterocycles. The molecule has 5 N–H and O–H groups in total. The van der Waals surface area contributed by atoms with Crippen LogP contribution in [0.3, 0.4) is 0 Å². The minimum Gasteiger partial charge on any atom is -0.365 e. The maximum absolute atomic E-state index is 11.5. The molecule has 5 nitrogen and oxygen atoms in total. The third-order valence-corrected chi connectivity index (χ3v) is 3.53. The molecule has 0 aromatic carbocycles. The highest BCUT2D eigenvalue weighted by atomic mass is 16.1. The summed E-state index contributed by atoms with van der Waals surface area (Å²) in [6, 6.07) is 1.77. The summed E-state index contributed by atoms with van der Waals surface area (Å²) in [6.45, 7) is 6.44. The Morgan fingerprint density at radius 3 is 2.50 bits per heavy atom. The number of aryl methyl sites for hydroxylation is 1. The molecule has 1 aromatic heterocycles. The predicted octanol–water partition coefficient (Wildman–Crippen LogP) is 1.42. The first kappa shape index (κ1) is 14.4. The number of hydrogen-bond acceptors (Lipinski definition) is 4. The van der Waals surface area contributed by atoms with Crippen LogP contribution in [0.15, 0.2) is 12.3 Å². The largest absolute Gasteiger partial charge is 0.365 e. The Bertz CT molecular complexity index is 419. The fourth-order valence-corrected chi connectivity index (χ4v) is 1.98. The lowest BCUT2D eigenvalue weighted by Gasteiger charge is -2.32. The lowest BCUT2D eigenvalue weighted by molar-refractivity contribution is 0.1000. The van der Waals surface area contributed by atoms with Gasteiger partial charge in [-0.05, 0) is 31.4 Å². The van der Waals surface area contributed by atoms with Crippen LogP contribution in [0.25, 0.3) is 0 Å². The zero-order chi connectivity index (χ0) is 13.8. The highest BCUT2D eigenvalue weighted by Gasteiger charge is 2.26. The van der Waals surface area contributed by atoms with Crippen LogP contribution in [0, 0.1) is 6.92 Å². The van der Waals surface area contributed by atoms with E-state index in [4.69, 9.17) is 11.5 Å². The second-order valence-corrected chi connectivity index (χ2v) is 4.53. The molecule has 100 valence electrons. The van der Waals surface area contributed by atoms with E-state index in [9.17, 15) is 4.79 Å². The Hall–Kier alpha value is -1.62. The maximum atomic E-state index is 11.5. The summed E-state index contributed by atoms with van der Waals surface area (Å²) >= 11 is 0. The molecular weight excluding hydrogens is 228 g/mol. The van der Waals surface area contributed by atoms with E-state index < -0.39 is 5.91 Å². The standard InChI is InChI=1S/C13H22N4O/c1-4-13(5-2,8-14)17-12-10(11(15)18)9(3)6-7-16-12/h6-7H,4-5,8,14H2,1-3H3,(H2,15,18)(H,16,17). The normalized spacial score (nSPS) is 11.3. The van der Waals surface area contributed by atoms with E-state index in [1.807, 2.05) is 6.92 Å². The van der Waals surface area contributed by atoms with Gasteiger partial charge in [0, 0.05) is 12.7 Å². The Balaban J connectivity index is 3.18. The van der Waals surface area contributed by atoms with Crippen LogP contribution < -0.4 is 16.8 Å². The van der Waals surface area contributed by atoms with Gasteiger partial charge in [0.1, 0.15) is 5.82 Å². The van der Waals surface area contributed by atoms with Crippen LogP contribution in [-0.4, -0.2) is 23.0 Å². The van der Waals surface area contributed by atoms with Crippen LogP contribution in [-0.2, 0) is 0 Å². The van der Waals surface area contributed by atoms with Crippen molar-refractivity contribution >= 4 is 11.7 Å². The van der Waals surface area contributed by atoms with Crippen molar-refractivity contribution in [3.8, 4) is 0 Å². The van der Waals surface area contributed by atoms with Gasteiger partial charge in [0.05, 0.1) is 11.1 Å². The fourth-order valence-electron chi connectivity index (χ4n) is 1.98. The average Bonchev–Trinajstić information content (AvgIpc) is 2.35. The molecule has 5 heteroatoms. The Labute approximate surface area is 108 Å².